The van der Waals surface area contributed by atoms with E-state index in [1.165, 1.54) is 18.7 Å². The minimum absolute atomic E-state index is 0.107. The first kappa shape index (κ1) is 11.7. The summed E-state index contributed by atoms with van der Waals surface area (Å²) in [7, 11) is 0. The Morgan fingerprint density at radius 1 is 1.41 bits per heavy atom. The van der Waals surface area contributed by atoms with E-state index in [1.807, 2.05) is 5.01 Å². The number of anilines is 2. The molecule has 4 N–H and O–H groups in total. The molecule has 0 amide bonds. The zero-order valence-electron chi connectivity index (χ0n) is 9.52. The van der Waals surface area contributed by atoms with E-state index >= 15 is 0 Å². The van der Waals surface area contributed by atoms with Gasteiger partial charge in [-0.1, -0.05) is 6.42 Å². The van der Waals surface area contributed by atoms with Crippen LogP contribution in [-0.2, 0) is 0 Å². The molecule has 0 radical (unpaired) electrons. The lowest BCUT2D eigenvalue weighted by molar-refractivity contribution is 0.0697. The molecule has 1 aromatic heterocycles. The Balaban J connectivity index is 2.16. The van der Waals surface area contributed by atoms with Gasteiger partial charge in [0.05, 0.1) is 11.9 Å². The van der Waals surface area contributed by atoms with Crippen molar-refractivity contribution < 1.29 is 9.90 Å². The number of hydrogen-bond acceptors (Lipinski definition) is 5. The number of nitrogens with one attached hydrogen (secondary N) is 1. The van der Waals surface area contributed by atoms with Crippen molar-refractivity contribution in [1.29, 1.82) is 0 Å². The number of nitrogens with zero attached hydrogens (tertiary/aromatic N) is 2. The number of hydrogen-bond donors (Lipinski definition) is 3. The van der Waals surface area contributed by atoms with Crippen molar-refractivity contribution in [2.75, 3.05) is 24.2 Å². The summed E-state index contributed by atoms with van der Waals surface area (Å²) >= 11 is 0. The zero-order chi connectivity index (χ0) is 12.3. The van der Waals surface area contributed by atoms with Crippen LogP contribution >= 0.6 is 0 Å². The van der Waals surface area contributed by atoms with Crippen molar-refractivity contribution in [1.82, 2.24) is 9.99 Å². The second kappa shape index (κ2) is 5.01. The van der Waals surface area contributed by atoms with E-state index < -0.39 is 5.97 Å². The second-order valence-electron chi connectivity index (χ2n) is 4.13. The second-order valence-corrected chi connectivity index (χ2v) is 4.13. The van der Waals surface area contributed by atoms with Crippen molar-refractivity contribution >= 4 is 17.5 Å². The molecule has 1 fully saturated rings. The van der Waals surface area contributed by atoms with E-state index in [0.717, 1.165) is 25.9 Å². The molecule has 0 atom stereocenters. The highest BCUT2D eigenvalue weighted by atomic mass is 16.4. The summed E-state index contributed by atoms with van der Waals surface area (Å²) < 4.78 is 0. The molecule has 92 valence electrons. The van der Waals surface area contributed by atoms with E-state index in [2.05, 4.69) is 10.4 Å². The number of carboxylic acids is 1. The van der Waals surface area contributed by atoms with Crippen LogP contribution in [0.15, 0.2) is 12.3 Å². The molecule has 0 aromatic carbocycles. The highest BCUT2D eigenvalue weighted by Crippen LogP contribution is 2.18. The molecule has 1 saturated heterocycles. The molecule has 0 unspecified atom stereocenters. The summed E-state index contributed by atoms with van der Waals surface area (Å²) in [6.07, 6.45) is 4.91. The normalized spacial score (nSPS) is 16.7. The van der Waals surface area contributed by atoms with Gasteiger partial charge < -0.3 is 16.3 Å². The Morgan fingerprint density at radius 2 is 2.12 bits per heavy atom. The van der Waals surface area contributed by atoms with Crippen LogP contribution in [0.3, 0.4) is 0 Å². The van der Waals surface area contributed by atoms with Crippen LogP contribution in [0.4, 0.5) is 11.5 Å². The first-order valence-corrected chi connectivity index (χ1v) is 5.67. The van der Waals surface area contributed by atoms with E-state index in [1.54, 1.807) is 0 Å². The van der Waals surface area contributed by atoms with Crippen LogP contribution in [0.2, 0.25) is 0 Å². The SMILES string of the molecule is Nc1cnc(NN2CCCCC2)c(C(=O)O)c1. The van der Waals surface area contributed by atoms with Crippen molar-refractivity contribution in [2.24, 2.45) is 0 Å². The van der Waals surface area contributed by atoms with Gasteiger partial charge in [-0.15, -0.1) is 0 Å². The topological polar surface area (TPSA) is 91.5 Å². The number of piperidine rings is 1. The summed E-state index contributed by atoms with van der Waals surface area (Å²) in [5.74, 6) is -0.669. The number of rotatable bonds is 3. The molecule has 6 heteroatoms. The molecule has 17 heavy (non-hydrogen) atoms. The van der Waals surface area contributed by atoms with Gasteiger partial charge in [0, 0.05) is 13.1 Å². The van der Waals surface area contributed by atoms with Crippen LogP contribution in [0.25, 0.3) is 0 Å². The quantitative estimate of drug-likeness (QED) is 0.729. The van der Waals surface area contributed by atoms with Gasteiger partial charge in [-0.25, -0.2) is 14.8 Å². The van der Waals surface area contributed by atoms with Gasteiger partial charge in [-0.05, 0) is 18.9 Å². The van der Waals surface area contributed by atoms with E-state index in [4.69, 9.17) is 10.8 Å². The average molecular weight is 236 g/mol. The van der Waals surface area contributed by atoms with Crippen LogP contribution in [0.5, 0.6) is 0 Å². The van der Waals surface area contributed by atoms with Gasteiger partial charge in [0.15, 0.2) is 5.82 Å². The van der Waals surface area contributed by atoms with E-state index in [-0.39, 0.29) is 5.56 Å². The molecule has 0 aliphatic carbocycles. The molecule has 0 bridgehead atoms. The number of nitrogen functional groups attached to an aromatic ring is 1. The maximum Gasteiger partial charge on any atom is 0.339 e. The summed E-state index contributed by atoms with van der Waals surface area (Å²) in [5.41, 5.74) is 9.04. The monoisotopic (exact) mass is 236 g/mol. The summed E-state index contributed by atoms with van der Waals surface area (Å²) in [6, 6.07) is 1.42. The highest BCUT2D eigenvalue weighted by Gasteiger charge is 2.16. The Morgan fingerprint density at radius 3 is 2.76 bits per heavy atom. The average Bonchev–Trinajstić information content (AvgIpc) is 2.32. The summed E-state index contributed by atoms with van der Waals surface area (Å²) in [6.45, 7) is 1.82. The summed E-state index contributed by atoms with van der Waals surface area (Å²) in [5, 5.41) is 11.1. The number of aromatic carboxylic acids is 1. The predicted octanol–water partition coefficient (Wildman–Crippen LogP) is 1.17. The van der Waals surface area contributed by atoms with E-state index in [0.29, 0.717) is 11.5 Å². The minimum atomic E-state index is -1.02. The lowest BCUT2D eigenvalue weighted by Gasteiger charge is -2.27. The van der Waals surface area contributed by atoms with Crippen molar-refractivity contribution in [3.63, 3.8) is 0 Å². The molecule has 6 nitrogen and oxygen atoms in total. The van der Waals surface area contributed by atoms with E-state index in [9.17, 15) is 4.79 Å². The third-order valence-corrected chi connectivity index (χ3v) is 2.76. The maximum atomic E-state index is 11.1. The number of nitrogens with two attached hydrogens (primary N) is 1. The van der Waals surface area contributed by atoms with Gasteiger partial charge in [0.2, 0.25) is 0 Å². The number of aromatic nitrogens is 1. The molecule has 2 rings (SSSR count). The van der Waals surface area contributed by atoms with Gasteiger partial charge in [0.1, 0.15) is 5.56 Å². The van der Waals surface area contributed by atoms with Crippen molar-refractivity contribution in [2.45, 2.75) is 19.3 Å². The zero-order valence-corrected chi connectivity index (χ0v) is 9.52. The Kier molecular flexibility index (Phi) is 3.43. The largest absolute Gasteiger partial charge is 0.478 e. The maximum absolute atomic E-state index is 11.1. The van der Waals surface area contributed by atoms with Crippen LogP contribution < -0.4 is 11.2 Å². The Labute approximate surface area is 99.4 Å². The van der Waals surface area contributed by atoms with Crippen LogP contribution in [-0.4, -0.2) is 34.2 Å². The molecule has 1 aliphatic heterocycles. The molecule has 0 spiro atoms. The Hall–Kier alpha value is -1.82. The van der Waals surface area contributed by atoms with Crippen molar-refractivity contribution in [3.05, 3.63) is 17.8 Å². The predicted molar refractivity (Wildman–Crippen MR) is 64.7 cm³/mol. The first-order chi connectivity index (χ1) is 8.16. The van der Waals surface area contributed by atoms with Gasteiger partial charge in [-0.2, -0.15) is 0 Å². The van der Waals surface area contributed by atoms with Gasteiger partial charge >= 0.3 is 5.97 Å². The Bertz CT molecular complexity index is 416. The first-order valence-electron chi connectivity index (χ1n) is 5.67. The minimum Gasteiger partial charge on any atom is -0.478 e. The number of carbonyl (C=O) groups is 1. The number of hydrazine groups is 1. The fraction of sp³-hybridized carbons (Fsp3) is 0.455. The van der Waals surface area contributed by atoms with Gasteiger partial charge in [-0.3, -0.25) is 0 Å². The molecular weight excluding hydrogens is 220 g/mol. The lowest BCUT2D eigenvalue weighted by atomic mass is 10.2. The fourth-order valence-electron chi connectivity index (χ4n) is 1.89. The van der Waals surface area contributed by atoms with Crippen molar-refractivity contribution in [3.8, 4) is 0 Å². The molecular formula is C11H16N4O2. The third kappa shape index (κ3) is 2.85. The van der Waals surface area contributed by atoms with Gasteiger partial charge in [0.25, 0.3) is 0 Å². The lowest BCUT2D eigenvalue weighted by Crippen LogP contribution is -2.35. The molecule has 0 saturated carbocycles. The standard InChI is InChI=1S/C11H16N4O2/c12-8-6-9(11(16)17)10(13-7-8)14-15-4-2-1-3-5-15/h6-7H,1-5,12H2,(H,13,14)(H,16,17). The van der Waals surface area contributed by atoms with Crippen LogP contribution in [0, 0.1) is 0 Å². The number of carboxylic acid groups (broad SMARTS) is 1. The van der Waals surface area contributed by atoms with Crippen LogP contribution in [0.1, 0.15) is 29.6 Å². The third-order valence-electron chi connectivity index (χ3n) is 2.76. The molecule has 1 aromatic rings. The highest BCUT2D eigenvalue weighted by molar-refractivity contribution is 5.93. The number of pyridine rings is 1. The smallest absolute Gasteiger partial charge is 0.339 e. The summed E-state index contributed by atoms with van der Waals surface area (Å²) in [4.78, 5) is 15.1. The molecule has 2 heterocycles. The molecule has 1 aliphatic rings. The fourth-order valence-corrected chi connectivity index (χ4v) is 1.89.